The van der Waals surface area contributed by atoms with E-state index in [0.29, 0.717) is 40.4 Å². The molecule has 3 atom stereocenters. The van der Waals surface area contributed by atoms with Gasteiger partial charge in [0.2, 0.25) is 5.56 Å². The molecular weight excluding hydrogens is 901 g/mol. The monoisotopic (exact) mass is 962 g/mol. The Morgan fingerprint density at radius 1 is 0.803 bits per heavy atom. The number of benzene rings is 5. The smallest absolute Gasteiger partial charge is 0.408 e. The number of phenolic OH excluding ortho intramolecular Hbond substituents is 1. The van der Waals surface area contributed by atoms with Crippen LogP contribution in [0.5, 0.6) is 11.5 Å². The summed E-state index contributed by atoms with van der Waals surface area (Å²) in [5.41, 5.74) is 5.12. The summed E-state index contributed by atoms with van der Waals surface area (Å²) in [6.07, 6.45) is 5.61. The van der Waals surface area contributed by atoms with Gasteiger partial charge in [0.05, 0.1) is 29.8 Å². The minimum atomic E-state index is -0.890. The van der Waals surface area contributed by atoms with Crippen LogP contribution in [0.1, 0.15) is 95.3 Å². The minimum absolute atomic E-state index is 0.0279. The Bertz CT molecular complexity index is 2810. The van der Waals surface area contributed by atoms with Crippen molar-refractivity contribution >= 4 is 34.7 Å². The van der Waals surface area contributed by atoms with Gasteiger partial charge in [0.1, 0.15) is 30.8 Å². The maximum atomic E-state index is 13.8. The number of anilines is 1. The number of urea groups is 1. The van der Waals surface area contributed by atoms with Gasteiger partial charge in [-0.2, -0.15) is 0 Å². The molecule has 3 saturated heterocycles. The van der Waals surface area contributed by atoms with E-state index in [2.05, 4.69) is 25.8 Å². The molecule has 4 fully saturated rings. The van der Waals surface area contributed by atoms with E-state index in [1.807, 2.05) is 91.0 Å². The quantitative estimate of drug-likeness (QED) is 0.0452. The van der Waals surface area contributed by atoms with E-state index in [9.17, 15) is 29.4 Å². The lowest BCUT2D eigenvalue weighted by Crippen LogP contribution is -2.52. The number of carbonyl (C=O) groups is 3. The van der Waals surface area contributed by atoms with Crippen molar-refractivity contribution in [2.75, 3.05) is 44.6 Å². The number of amides is 3. The minimum Gasteiger partial charge on any atom is -0.506 e. The maximum Gasteiger partial charge on any atom is 0.408 e. The van der Waals surface area contributed by atoms with Gasteiger partial charge in [-0.1, -0.05) is 92.1 Å². The Labute approximate surface area is 413 Å². The number of nitrogens with zero attached hydrogens (tertiary/aromatic N) is 2. The first-order valence-corrected chi connectivity index (χ1v) is 24.8. The summed E-state index contributed by atoms with van der Waals surface area (Å²) < 4.78 is 17.9. The van der Waals surface area contributed by atoms with Gasteiger partial charge in [0.15, 0.2) is 0 Å². The first kappa shape index (κ1) is 48.8. The second-order valence-electron chi connectivity index (χ2n) is 18.8. The van der Waals surface area contributed by atoms with Crippen molar-refractivity contribution in [2.45, 2.75) is 82.4 Å². The number of esters is 1. The van der Waals surface area contributed by atoms with Crippen LogP contribution < -0.4 is 26.2 Å². The summed E-state index contributed by atoms with van der Waals surface area (Å²) in [6, 6.07) is 37.4. The van der Waals surface area contributed by atoms with Crippen LogP contribution in [0.15, 0.2) is 132 Å². The van der Waals surface area contributed by atoms with Crippen molar-refractivity contribution in [2.24, 2.45) is 5.92 Å². The van der Waals surface area contributed by atoms with Crippen molar-refractivity contribution in [3.05, 3.63) is 171 Å². The van der Waals surface area contributed by atoms with Crippen LogP contribution >= 0.6 is 0 Å². The molecule has 71 heavy (non-hydrogen) atoms. The summed E-state index contributed by atoms with van der Waals surface area (Å²) in [5.74, 6) is 0.491. The fourth-order valence-electron chi connectivity index (χ4n) is 10.1. The zero-order chi connectivity index (χ0) is 49.1. The second-order valence-corrected chi connectivity index (χ2v) is 18.8. The van der Waals surface area contributed by atoms with Gasteiger partial charge >= 0.3 is 18.1 Å². The average molecular weight is 963 g/mol. The Morgan fingerprint density at radius 3 is 2.30 bits per heavy atom. The van der Waals surface area contributed by atoms with Crippen LogP contribution in [0.4, 0.5) is 15.3 Å². The van der Waals surface area contributed by atoms with Gasteiger partial charge < -0.3 is 50.3 Å². The number of rotatable bonds is 18. The van der Waals surface area contributed by atoms with E-state index in [-0.39, 0.29) is 61.3 Å². The number of phenols is 1. The first-order chi connectivity index (χ1) is 34.6. The number of aromatic nitrogens is 1. The van der Waals surface area contributed by atoms with E-state index < -0.39 is 24.2 Å². The van der Waals surface area contributed by atoms with E-state index in [1.54, 1.807) is 29.2 Å². The number of ether oxygens (including phenoxy) is 3. The number of H-pyrrole nitrogens is 1. The third kappa shape index (κ3) is 12.6. The molecule has 1 saturated carbocycles. The van der Waals surface area contributed by atoms with Crippen LogP contribution in [-0.4, -0.2) is 94.6 Å². The fraction of sp³-hybridized carbons (Fsp3) is 0.357. The zero-order valence-electron chi connectivity index (χ0n) is 39.8. The summed E-state index contributed by atoms with van der Waals surface area (Å²) in [4.78, 5) is 58.9. The highest BCUT2D eigenvalue weighted by molar-refractivity contribution is 5.90. The van der Waals surface area contributed by atoms with Gasteiger partial charge in [-0.3, -0.25) is 9.69 Å². The summed E-state index contributed by atoms with van der Waals surface area (Å²) in [6.45, 7) is 4.14. The Balaban J connectivity index is 0.743. The first-order valence-electron chi connectivity index (χ1n) is 24.8. The number of hydrogen-bond acceptors (Lipinski definition) is 11. The topological polar surface area (TPSA) is 195 Å². The number of piperidine rings is 3. The number of aliphatic hydroxyl groups excluding tert-OH is 1. The highest BCUT2D eigenvalue weighted by Gasteiger charge is 2.37. The van der Waals surface area contributed by atoms with Crippen molar-refractivity contribution in [3.8, 4) is 11.5 Å². The fourth-order valence-corrected chi connectivity index (χ4v) is 10.1. The Morgan fingerprint density at radius 2 is 1.55 bits per heavy atom. The second kappa shape index (κ2) is 23.1. The molecule has 3 amide bonds. The van der Waals surface area contributed by atoms with E-state index in [1.165, 1.54) is 12.1 Å². The molecule has 15 heteroatoms. The maximum absolute atomic E-state index is 13.8. The number of hydrogen-bond donors (Lipinski definition) is 6. The SMILES string of the molecule is O=C(N[C@@H](c1ccccc1)c1cccc(OCc2ccc(C(=O)OCCN(C(=O)Nc3ccc(CNC[C@H](O)c4ccc(O)c5[nH]c(=O)ccc45)cc3)C3CCCCC3)cc2)c1)O[C@H]1CN2CCC1CC2. The number of pyridine rings is 1. The van der Waals surface area contributed by atoms with Crippen LogP contribution in [-0.2, 0) is 22.6 Å². The van der Waals surface area contributed by atoms with Crippen LogP contribution in [0.25, 0.3) is 10.9 Å². The van der Waals surface area contributed by atoms with Gasteiger partial charge in [-0.15, -0.1) is 0 Å². The molecule has 10 rings (SSSR count). The number of nitrogens with one attached hydrogen (secondary N) is 4. The summed E-state index contributed by atoms with van der Waals surface area (Å²) in [5, 5.41) is 31.1. The molecule has 6 aromatic rings. The van der Waals surface area contributed by atoms with Crippen molar-refractivity contribution in [1.82, 2.24) is 25.4 Å². The van der Waals surface area contributed by atoms with Crippen molar-refractivity contribution in [3.63, 3.8) is 0 Å². The summed E-state index contributed by atoms with van der Waals surface area (Å²) >= 11 is 0. The third-order valence-electron chi connectivity index (χ3n) is 14.0. The number of fused-ring (bicyclic) bond motifs is 4. The molecule has 1 aliphatic carbocycles. The number of aromatic amines is 1. The average Bonchev–Trinajstić information content (AvgIpc) is 3.40. The molecule has 3 aliphatic heterocycles. The van der Waals surface area contributed by atoms with E-state index >= 15 is 0 Å². The molecule has 15 nitrogen and oxygen atoms in total. The lowest BCUT2D eigenvalue weighted by molar-refractivity contribution is -0.0336. The predicted octanol–water partition coefficient (Wildman–Crippen LogP) is 8.57. The van der Waals surface area contributed by atoms with Crippen LogP contribution in [0.3, 0.4) is 0 Å². The molecule has 5 aromatic carbocycles. The molecular formula is C56H62N6O9. The van der Waals surface area contributed by atoms with E-state index in [4.69, 9.17) is 14.2 Å². The highest BCUT2D eigenvalue weighted by atomic mass is 16.6. The molecule has 0 spiro atoms. The van der Waals surface area contributed by atoms with Gasteiger partial charge in [0.25, 0.3) is 0 Å². The van der Waals surface area contributed by atoms with Crippen LogP contribution in [0, 0.1) is 5.92 Å². The van der Waals surface area contributed by atoms with Gasteiger partial charge in [-0.05, 0) is 121 Å². The number of aliphatic hydroxyl groups is 1. The molecule has 2 bridgehead atoms. The number of alkyl carbamates (subject to hydrolysis) is 1. The highest BCUT2D eigenvalue weighted by Crippen LogP contribution is 2.32. The predicted molar refractivity (Wildman–Crippen MR) is 270 cm³/mol. The van der Waals surface area contributed by atoms with Gasteiger partial charge in [0, 0.05) is 42.8 Å². The Hall–Kier alpha value is -7.20. The van der Waals surface area contributed by atoms with E-state index in [0.717, 1.165) is 86.8 Å². The zero-order valence-corrected chi connectivity index (χ0v) is 39.8. The molecule has 370 valence electrons. The number of carbonyl (C=O) groups excluding carboxylic acids is 3. The van der Waals surface area contributed by atoms with Crippen LogP contribution in [0.2, 0.25) is 0 Å². The lowest BCUT2D eigenvalue weighted by Gasteiger charge is -2.43. The van der Waals surface area contributed by atoms with Gasteiger partial charge in [-0.25, -0.2) is 14.4 Å². The molecule has 0 unspecified atom stereocenters. The van der Waals surface area contributed by atoms with Crippen molar-refractivity contribution < 1.29 is 38.8 Å². The summed E-state index contributed by atoms with van der Waals surface area (Å²) in [7, 11) is 0. The standard InChI is InChI=1S/C56H62N6O9/c63-48-24-22-46(47-23-25-51(65)59-53(47)48)49(64)34-57-33-37-16-20-43(21-17-37)58-55(67)62(44-11-5-2-6-12-44)30-31-69-54(66)41-18-14-38(15-19-41)36-70-45-13-7-10-42(32-45)52(40-8-3-1-4-9-40)60-56(68)71-50-35-61-28-26-39(50)27-29-61/h1,3-4,7-10,13-25,32,39,44,49-50,52,57,63-64H,2,5-6,11-12,26-31,33-36H2,(H,58,67)(H,59,65)(H,60,68)/t49-,50-,52-/m0/s1. The molecule has 1 aromatic heterocycles. The third-order valence-corrected chi connectivity index (χ3v) is 14.0. The molecule has 4 aliphatic rings. The Kier molecular flexibility index (Phi) is 15.9. The largest absolute Gasteiger partial charge is 0.506 e. The number of aromatic hydroxyl groups is 1. The molecule has 6 N–H and O–H groups in total. The lowest BCUT2D eigenvalue weighted by atomic mass is 9.86. The normalized spacial score (nSPS) is 18.5. The molecule has 0 radical (unpaired) electrons. The molecule has 4 heterocycles. The van der Waals surface area contributed by atoms with Crippen molar-refractivity contribution in [1.29, 1.82) is 0 Å².